The normalized spacial score (nSPS) is 10.4. The van der Waals surface area contributed by atoms with Crippen LogP contribution in [0.4, 0.5) is 22.0 Å². The molecule has 0 atom stereocenters. The summed E-state index contributed by atoms with van der Waals surface area (Å²) in [5.74, 6) is 0.305. The van der Waals surface area contributed by atoms with Gasteiger partial charge in [-0.25, -0.2) is 9.07 Å². The fourth-order valence-corrected chi connectivity index (χ4v) is 1.59. The Morgan fingerprint density at radius 1 is 1.10 bits per heavy atom. The van der Waals surface area contributed by atoms with Gasteiger partial charge in [0.05, 0.1) is 0 Å². The number of anilines is 3. The lowest BCUT2D eigenvalue weighted by Gasteiger charge is -2.07. The molecule has 3 aromatic rings. The minimum atomic E-state index is -0.317. The minimum absolute atomic E-state index is 0.0649. The van der Waals surface area contributed by atoms with Gasteiger partial charge in [0.1, 0.15) is 5.82 Å². The highest BCUT2D eigenvalue weighted by atomic mass is 19.1. The Kier molecular flexibility index (Phi) is 2.96. The van der Waals surface area contributed by atoms with Crippen LogP contribution in [0.5, 0.6) is 0 Å². The van der Waals surface area contributed by atoms with E-state index >= 15 is 0 Å². The maximum absolute atomic E-state index is 12.8. The molecule has 2 heterocycles. The van der Waals surface area contributed by atoms with Crippen molar-refractivity contribution < 1.29 is 4.39 Å². The molecule has 0 aliphatic heterocycles. The van der Waals surface area contributed by atoms with E-state index in [0.29, 0.717) is 11.6 Å². The fraction of sp³-hybridized carbons (Fsp3) is 0. The Hall–Kier alpha value is -3.03. The SMILES string of the molecule is Nc1nc(Nc2ccc(F)cc2)nc(-n2cccn2)n1. The molecule has 1 aromatic carbocycles. The number of rotatable bonds is 3. The van der Waals surface area contributed by atoms with Gasteiger partial charge in [0, 0.05) is 18.1 Å². The second-order valence-corrected chi connectivity index (χ2v) is 3.90. The third-order valence-electron chi connectivity index (χ3n) is 2.45. The molecule has 0 spiro atoms. The molecule has 0 aliphatic rings. The number of halogens is 1. The van der Waals surface area contributed by atoms with Gasteiger partial charge in [-0.05, 0) is 30.3 Å². The first kappa shape index (κ1) is 12.0. The predicted molar refractivity (Wildman–Crippen MR) is 71.0 cm³/mol. The van der Waals surface area contributed by atoms with Crippen LogP contribution >= 0.6 is 0 Å². The van der Waals surface area contributed by atoms with Crippen LogP contribution in [0, 0.1) is 5.82 Å². The fourth-order valence-electron chi connectivity index (χ4n) is 1.59. The van der Waals surface area contributed by atoms with E-state index in [4.69, 9.17) is 5.73 Å². The van der Waals surface area contributed by atoms with E-state index in [1.807, 2.05) is 0 Å². The van der Waals surface area contributed by atoms with Gasteiger partial charge in [-0.2, -0.15) is 20.1 Å². The van der Waals surface area contributed by atoms with Crippen molar-refractivity contribution in [1.29, 1.82) is 0 Å². The molecule has 0 saturated heterocycles. The molecule has 0 radical (unpaired) electrons. The second kappa shape index (κ2) is 4.92. The summed E-state index contributed by atoms with van der Waals surface area (Å²) in [5, 5.41) is 6.94. The standard InChI is InChI=1S/C12H10FN7/c13-8-2-4-9(5-3-8)16-11-17-10(14)18-12(19-11)20-7-1-6-15-20/h1-7H,(H3,14,16,17,18,19). The predicted octanol–water partition coefficient (Wildman–Crippen LogP) is 1.52. The summed E-state index contributed by atoms with van der Waals surface area (Å²) in [7, 11) is 0. The summed E-state index contributed by atoms with van der Waals surface area (Å²) in [6.45, 7) is 0. The number of nitrogens with zero attached hydrogens (tertiary/aromatic N) is 5. The molecule has 0 unspecified atom stereocenters. The number of hydrogen-bond donors (Lipinski definition) is 2. The van der Waals surface area contributed by atoms with Gasteiger partial charge in [-0.15, -0.1) is 0 Å². The van der Waals surface area contributed by atoms with E-state index in [0.717, 1.165) is 0 Å². The molecule has 3 N–H and O–H groups in total. The molecule has 0 saturated carbocycles. The highest BCUT2D eigenvalue weighted by Gasteiger charge is 2.06. The number of aromatic nitrogens is 5. The van der Waals surface area contributed by atoms with Crippen LogP contribution in [0.15, 0.2) is 42.7 Å². The first-order valence-electron chi connectivity index (χ1n) is 5.75. The Bertz CT molecular complexity index is 709. The van der Waals surface area contributed by atoms with Gasteiger partial charge in [-0.1, -0.05) is 0 Å². The van der Waals surface area contributed by atoms with E-state index in [9.17, 15) is 4.39 Å². The lowest BCUT2D eigenvalue weighted by atomic mass is 10.3. The van der Waals surface area contributed by atoms with Crippen LogP contribution in [-0.4, -0.2) is 24.7 Å². The topological polar surface area (TPSA) is 94.5 Å². The summed E-state index contributed by atoms with van der Waals surface area (Å²) in [6, 6.07) is 7.56. The molecule has 0 amide bonds. The van der Waals surface area contributed by atoms with Crippen LogP contribution in [0.2, 0.25) is 0 Å². The van der Waals surface area contributed by atoms with Crippen LogP contribution in [-0.2, 0) is 0 Å². The highest BCUT2D eigenvalue weighted by molar-refractivity contribution is 5.54. The Labute approximate surface area is 113 Å². The molecular weight excluding hydrogens is 261 g/mol. The zero-order chi connectivity index (χ0) is 13.9. The first-order valence-corrected chi connectivity index (χ1v) is 5.75. The summed E-state index contributed by atoms with van der Waals surface area (Å²) in [4.78, 5) is 12.1. The third-order valence-corrected chi connectivity index (χ3v) is 2.45. The molecule has 8 heteroatoms. The quantitative estimate of drug-likeness (QED) is 0.750. The van der Waals surface area contributed by atoms with Crippen LogP contribution in [0.1, 0.15) is 0 Å². The maximum Gasteiger partial charge on any atom is 0.257 e. The third kappa shape index (κ3) is 2.53. The van der Waals surface area contributed by atoms with Crippen molar-refractivity contribution in [2.75, 3.05) is 11.1 Å². The van der Waals surface area contributed by atoms with Crippen LogP contribution in [0.25, 0.3) is 5.95 Å². The van der Waals surface area contributed by atoms with Crippen molar-refractivity contribution >= 4 is 17.6 Å². The van der Waals surface area contributed by atoms with Crippen LogP contribution in [0.3, 0.4) is 0 Å². The summed E-state index contributed by atoms with van der Waals surface area (Å²) >= 11 is 0. The van der Waals surface area contributed by atoms with Gasteiger partial charge in [0.25, 0.3) is 5.95 Å². The van der Waals surface area contributed by atoms with Crippen molar-refractivity contribution in [3.63, 3.8) is 0 Å². The highest BCUT2D eigenvalue weighted by Crippen LogP contribution is 2.14. The van der Waals surface area contributed by atoms with Crippen molar-refractivity contribution in [2.45, 2.75) is 0 Å². The molecule has 0 bridgehead atoms. The number of hydrogen-bond acceptors (Lipinski definition) is 6. The zero-order valence-electron chi connectivity index (χ0n) is 10.2. The maximum atomic E-state index is 12.8. The number of benzene rings is 1. The van der Waals surface area contributed by atoms with Gasteiger partial charge in [0.2, 0.25) is 11.9 Å². The average Bonchev–Trinajstić information content (AvgIpc) is 2.95. The Morgan fingerprint density at radius 2 is 1.90 bits per heavy atom. The van der Waals surface area contributed by atoms with Crippen molar-refractivity contribution in [2.24, 2.45) is 0 Å². The van der Waals surface area contributed by atoms with E-state index in [1.165, 1.54) is 16.8 Å². The zero-order valence-corrected chi connectivity index (χ0v) is 10.2. The van der Waals surface area contributed by atoms with Gasteiger partial charge < -0.3 is 11.1 Å². The van der Waals surface area contributed by atoms with Gasteiger partial charge in [-0.3, -0.25) is 0 Å². The van der Waals surface area contributed by atoms with Crippen molar-refractivity contribution in [3.05, 3.63) is 48.5 Å². The molecule has 100 valence electrons. The second-order valence-electron chi connectivity index (χ2n) is 3.90. The van der Waals surface area contributed by atoms with Crippen molar-refractivity contribution in [3.8, 4) is 5.95 Å². The van der Waals surface area contributed by atoms with Gasteiger partial charge >= 0.3 is 0 Å². The number of nitrogen functional groups attached to an aromatic ring is 1. The summed E-state index contributed by atoms with van der Waals surface area (Å²) in [5.41, 5.74) is 6.28. The molecule has 3 rings (SSSR count). The van der Waals surface area contributed by atoms with E-state index in [-0.39, 0.29) is 17.7 Å². The largest absolute Gasteiger partial charge is 0.368 e. The molecule has 7 nitrogen and oxygen atoms in total. The summed E-state index contributed by atoms with van der Waals surface area (Å²) < 4.78 is 14.3. The number of nitrogens with one attached hydrogen (secondary N) is 1. The van der Waals surface area contributed by atoms with Gasteiger partial charge in [0.15, 0.2) is 0 Å². The summed E-state index contributed by atoms with van der Waals surface area (Å²) in [6.07, 6.45) is 3.30. The first-order chi connectivity index (χ1) is 9.70. The van der Waals surface area contributed by atoms with Crippen LogP contribution < -0.4 is 11.1 Å². The smallest absolute Gasteiger partial charge is 0.257 e. The molecule has 0 fully saturated rings. The Balaban J connectivity index is 1.92. The molecular formula is C12H10FN7. The lowest BCUT2D eigenvalue weighted by Crippen LogP contribution is -2.09. The number of nitrogens with two attached hydrogens (primary N) is 1. The van der Waals surface area contributed by atoms with E-state index < -0.39 is 0 Å². The molecule has 2 aromatic heterocycles. The van der Waals surface area contributed by atoms with E-state index in [2.05, 4.69) is 25.4 Å². The monoisotopic (exact) mass is 271 g/mol. The molecule has 20 heavy (non-hydrogen) atoms. The van der Waals surface area contributed by atoms with Crippen molar-refractivity contribution in [1.82, 2.24) is 24.7 Å². The lowest BCUT2D eigenvalue weighted by molar-refractivity contribution is 0.628. The average molecular weight is 271 g/mol. The minimum Gasteiger partial charge on any atom is -0.368 e. The van der Waals surface area contributed by atoms with E-state index in [1.54, 1.807) is 30.6 Å². The molecule has 0 aliphatic carbocycles. The Morgan fingerprint density at radius 3 is 2.60 bits per heavy atom.